The minimum atomic E-state index is -0.688. The van der Waals surface area contributed by atoms with Crippen LogP contribution in [0.4, 0.5) is 4.79 Å². The van der Waals surface area contributed by atoms with Crippen LogP contribution in [0.3, 0.4) is 0 Å². The van der Waals surface area contributed by atoms with E-state index in [1.807, 2.05) is 31.2 Å². The van der Waals surface area contributed by atoms with Gasteiger partial charge in [0.1, 0.15) is 5.54 Å². The maximum atomic E-state index is 12.4. The van der Waals surface area contributed by atoms with Crippen molar-refractivity contribution in [3.8, 4) is 0 Å². The van der Waals surface area contributed by atoms with Gasteiger partial charge < -0.3 is 5.32 Å². The second kappa shape index (κ2) is 4.34. The van der Waals surface area contributed by atoms with Crippen LogP contribution in [-0.4, -0.2) is 22.4 Å². The van der Waals surface area contributed by atoms with Gasteiger partial charge in [0, 0.05) is 4.47 Å². The molecule has 3 amide bonds. The van der Waals surface area contributed by atoms with Gasteiger partial charge >= 0.3 is 6.03 Å². The lowest BCUT2D eigenvalue weighted by molar-refractivity contribution is -0.131. The summed E-state index contributed by atoms with van der Waals surface area (Å²) in [5.74, 6) is 0.210. The maximum Gasteiger partial charge on any atom is 0.325 e. The molecule has 19 heavy (non-hydrogen) atoms. The number of amides is 3. The van der Waals surface area contributed by atoms with E-state index in [4.69, 9.17) is 0 Å². The molecule has 2 fully saturated rings. The Hall–Kier alpha value is -1.36. The Morgan fingerprint density at radius 3 is 2.53 bits per heavy atom. The average Bonchev–Trinajstić information content (AvgIpc) is 3.18. The zero-order valence-electron chi connectivity index (χ0n) is 10.6. The molecule has 4 nitrogen and oxygen atoms in total. The van der Waals surface area contributed by atoms with E-state index >= 15 is 0 Å². The molecule has 1 aliphatic heterocycles. The highest BCUT2D eigenvalue weighted by molar-refractivity contribution is 9.10. The number of imide groups is 1. The molecule has 1 aromatic rings. The van der Waals surface area contributed by atoms with Crippen LogP contribution >= 0.6 is 15.9 Å². The molecule has 2 aliphatic rings. The van der Waals surface area contributed by atoms with Gasteiger partial charge in [-0.1, -0.05) is 28.1 Å². The van der Waals surface area contributed by atoms with Gasteiger partial charge in [-0.2, -0.15) is 0 Å². The number of rotatable bonds is 3. The summed E-state index contributed by atoms with van der Waals surface area (Å²) in [6, 6.07) is 7.37. The first-order chi connectivity index (χ1) is 9.00. The zero-order chi connectivity index (χ0) is 13.6. The van der Waals surface area contributed by atoms with Gasteiger partial charge in [-0.3, -0.25) is 9.69 Å². The topological polar surface area (TPSA) is 49.4 Å². The number of urea groups is 1. The minimum Gasteiger partial charge on any atom is -0.323 e. The molecular formula is C14H15BrN2O2. The molecule has 1 atom stereocenters. The first kappa shape index (κ1) is 12.7. The van der Waals surface area contributed by atoms with Gasteiger partial charge in [0.15, 0.2) is 0 Å². The Kier molecular flexibility index (Phi) is 2.89. The van der Waals surface area contributed by atoms with Crippen molar-refractivity contribution in [1.82, 2.24) is 10.2 Å². The molecule has 1 saturated carbocycles. The highest BCUT2D eigenvalue weighted by Crippen LogP contribution is 2.42. The van der Waals surface area contributed by atoms with Crippen LogP contribution in [0.5, 0.6) is 0 Å². The highest BCUT2D eigenvalue weighted by atomic mass is 79.9. The molecule has 5 heteroatoms. The zero-order valence-corrected chi connectivity index (χ0v) is 12.2. The summed E-state index contributed by atoms with van der Waals surface area (Å²) in [5, 5.41) is 2.85. The van der Waals surface area contributed by atoms with Crippen molar-refractivity contribution >= 4 is 27.9 Å². The number of carbonyl (C=O) groups is 2. The Morgan fingerprint density at radius 2 is 1.95 bits per heavy atom. The van der Waals surface area contributed by atoms with Crippen molar-refractivity contribution in [2.75, 3.05) is 0 Å². The Morgan fingerprint density at radius 1 is 1.32 bits per heavy atom. The van der Waals surface area contributed by atoms with Crippen molar-refractivity contribution in [2.24, 2.45) is 5.92 Å². The van der Waals surface area contributed by atoms with Crippen molar-refractivity contribution < 1.29 is 9.59 Å². The summed E-state index contributed by atoms with van der Waals surface area (Å²) in [7, 11) is 0. The third-order valence-electron chi connectivity index (χ3n) is 3.95. The third-order valence-corrected chi connectivity index (χ3v) is 4.48. The molecular weight excluding hydrogens is 308 g/mol. The number of nitrogens with one attached hydrogen (secondary N) is 1. The van der Waals surface area contributed by atoms with E-state index in [-0.39, 0.29) is 11.9 Å². The molecule has 1 aliphatic carbocycles. The van der Waals surface area contributed by atoms with Gasteiger partial charge in [-0.15, -0.1) is 0 Å². The van der Waals surface area contributed by atoms with Gasteiger partial charge in [0.05, 0.1) is 6.54 Å². The Balaban J connectivity index is 1.79. The predicted octanol–water partition coefficient (Wildman–Crippen LogP) is 2.67. The van der Waals surface area contributed by atoms with E-state index in [1.165, 1.54) is 4.90 Å². The molecule has 1 N–H and O–H groups in total. The summed E-state index contributed by atoms with van der Waals surface area (Å²) >= 11 is 3.37. The van der Waals surface area contributed by atoms with E-state index in [1.54, 1.807) is 0 Å². The van der Waals surface area contributed by atoms with Crippen molar-refractivity contribution in [3.05, 3.63) is 34.3 Å². The second-order valence-corrected chi connectivity index (χ2v) is 6.34. The minimum absolute atomic E-state index is 0.0945. The van der Waals surface area contributed by atoms with Crippen molar-refractivity contribution in [3.63, 3.8) is 0 Å². The van der Waals surface area contributed by atoms with E-state index in [9.17, 15) is 9.59 Å². The molecule has 1 aromatic carbocycles. The first-order valence-corrected chi connectivity index (χ1v) is 7.18. The largest absolute Gasteiger partial charge is 0.325 e. The van der Waals surface area contributed by atoms with E-state index in [2.05, 4.69) is 21.2 Å². The van der Waals surface area contributed by atoms with Crippen LogP contribution in [0.15, 0.2) is 28.7 Å². The van der Waals surface area contributed by atoms with Crippen LogP contribution in [-0.2, 0) is 11.3 Å². The summed E-state index contributed by atoms with van der Waals surface area (Å²) in [5.41, 5.74) is 0.263. The van der Waals surface area contributed by atoms with E-state index in [0.29, 0.717) is 12.5 Å². The highest BCUT2D eigenvalue weighted by Gasteiger charge is 2.55. The molecule has 0 spiro atoms. The standard InChI is InChI=1S/C14H15BrN2O2/c1-14(10-4-5-10)12(18)17(13(19)16-14)8-9-2-6-11(15)7-3-9/h2-3,6-7,10H,4-5,8H2,1H3,(H,16,19). The van der Waals surface area contributed by atoms with E-state index < -0.39 is 5.54 Å². The lowest BCUT2D eigenvalue weighted by atomic mass is 9.96. The molecule has 3 rings (SSSR count). The molecule has 100 valence electrons. The molecule has 1 heterocycles. The van der Waals surface area contributed by atoms with Crippen LogP contribution < -0.4 is 5.32 Å². The van der Waals surface area contributed by atoms with Gasteiger partial charge in [-0.25, -0.2) is 4.79 Å². The number of hydrogen-bond acceptors (Lipinski definition) is 2. The van der Waals surface area contributed by atoms with E-state index in [0.717, 1.165) is 22.9 Å². The Labute approximate surface area is 120 Å². The maximum absolute atomic E-state index is 12.4. The molecule has 1 unspecified atom stereocenters. The first-order valence-electron chi connectivity index (χ1n) is 6.39. The van der Waals surface area contributed by atoms with Crippen molar-refractivity contribution in [2.45, 2.75) is 31.8 Å². The van der Waals surface area contributed by atoms with Crippen LogP contribution in [0.25, 0.3) is 0 Å². The third kappa shape index (κ3) is 2.16. The summed E-state index contributed by atoms with van der Waals surface area (Å²) in [4.78, 5) is 25.7. The lowest BCUT2D eigenvalue weighted by Crippen LogP contribution is -2.46. The van der Waals surface area contributed by atoms with Gasteiger partial charge in [-0.05, 0) is 43.4 Å². The summed E-state index contributed by atoms with van der Waals surface area (Å²) < 4.78 is 0.983. The SMILES string of the molecule is CC1(C2CC2)NC(=O)N(Cc2ccc(Br)cc2)C1=O. The smallest absolute Gasteiger partial charge is 0.323 e. The Bertz CT molecular complexity index is 539. The fraction of sp³-hybridized carbons (Fsp3) is 0.429. The van der Waals surface area contributed by atoms with Crippen LogP contribution in [0.1, 0.15) is 25.3 Å². The molecule has 0 radical (unpaired) electrons. The van der Waals surface area contributed by atoms with Gasteiger partial charge in [0.25, 0.3) is 5.91 Å². The number of carbonyl (C=O) groups excluding carboxylic acids is 2. The van der Waals surface area contributed by atoms with Gasteiger partial charge in [0.2, 0.25) is 0 Å². The quantitative estimate of drug-likeness (QED) is 0.870. The normalized spacial score (nSPS) is 26.7. The molecule has 0 aromatic heterocycles. The summed E-state index contributed by atoms with van der Waals surface area (Å²) in [6.07, 6.45) is 2.04. The fourth-order valence-electron chi connectivity index (χ4n) is 2.57. The summed E-state index contributed by atoms with van der Waals surface area (Å²) in [6.45, 7) is 2.17. The molecule has 0 bridgehead atoms. The second-order valence-electron chi connectivity index (χ2n) is 5.42. The van der Waals surface area contributed by atoms with Crippen LogP contribution in [0.2, 0.25) is 0 Å². The molecule has 1 saturated heterocycles. The number of benzene rings is 1. The van der Waals surface area contributed by atoms with Crippen LogP contribution in [0, 0.1) is 5.92 Å². The fourth-order valence-corrected chi connectivity index (χ4v) is 2.83. The predicted molar refractivity (Wildman–Crippen MR) is 74.4 cm³/mol. The lowest BCUT2D eigenvalue weighted by Gasteiger charge is -2.21. The number of nitrogens with zero attached hydrogens (tertiary/aromatic N) is 1. The monoisotopic (exact) mass is 322 g/mol. The number of hydrogen-bond donors (Lipinski definition) is 1. The van der Waals surface area contributed by atoms with Crippen molar-refractivity contribution in [1.29, 1.82) is 0 Å². The number of halogens is 1. The average molecular weight is 323 g/mol.